The topological polar surface area (TPSA) is 91.2 Å². The summed E-state index contributed by atoms with van der Waals surface area (Å²) in [5.41, 5.74) is 5.54. The number of hydrogen-bond donors (Lipinski definition) is 1. The van der Waals surface area contributed by atoms with E-state index in [1.54, 1.807) is 16.8 Å². The zero-order valence-electron chi connectivity index (χ0n) is 11.3. The molecule has 0 aromatic rings. The van der Waals surface area contributed by atoms with Gasteiger partial charge >= 0.3 is 0 Å². The van der Waals surface area contributed by atoms with Crippen molar-refractivity contribution < 1.29 is 5.03 Å². The summed E-state index contributed by atoms with van der Waals surface area (Å²) in [5, 5.41) is 13.4. The van der Waals surface area contributed by atoms with Gasteiger partial charge in [-0.3, -0.25) is 4.90 Å². The lowest BCUT2D eigenvalue weighted by Crippen LogP contribution is -2.56. The second-order valence-electron chi connectivity index (χ2n) is 4.26. The highest BCUT2D eigenvalue weighted by molar-refractivity contribution is 8.08. The minimum atomic E-state index is -0.705. The Bertz CT molecular complexity index is 455. The molecule has 0 atom stereocenters. The zero-order valence-corrected chi connectivity index (χ0v) is 12.9. The summed E-state index contributed by atoms with van der Waals surface area (Å²) < 4.78 is 0.383. The molecule has 0 aromatic carbocycles. The summed E-state index contributed by atoms with van der Waals surface area (Å²) in [6.45, 7) is 5.02. The third-order valence-electron chi connectivity index (χ3n) is 2.44. The highest BCUT2D eigenvalue weighted by atomic mass is 35.5. The second kappa shape index (κ2) is 7.36. The lowest BCUT2D eigenvalue weighted by atomic mass is 10.4. The van der Waals surface area contributed by atoms with E-state index >= 15 is 0 Å². The molecule has 0 bridgehead atoms. The number of nitrogens with zero attached hydrogens (tertiary/aromatic N) is 5. The molecule has 0 aliphatic carbocycles. The van der Waals surface area contributed by atoms with Crippen molar-refractivity contribution in [1.82, 2.24) is 14.7 Å². The van der Waals surface area contributed by atoms with Gasteiger partial charge in [0, 0.05) is 18.2 Å². The molecule has 0 unspecified atom stereocenters. The van der Waals surface area contributed by atoms with Gasteiger partial charge < -0.3 is 15.5 Å². The van der Waals surface area contributed by atoms with Crippen molar-refractivity contribution in [2.75, 3.05) is 34.0 Å². The van der Waals surface area contributed by atoms with E-state index in [4.69, 9.17) is 17.3 Å². The summed E-state index contributed by atoms with van der Waals surface area (Å²) in [6, 6.07) is 0. The first-order chi connectivity index (χ1) is 9.33. The normalized spacial score (nSPS) is 19.6. The van der Waals surface area contributed by atoms with Crippen molar-refractivity contribution in [3.05, 3.63) is 32.2 Å². The predicted molar refractivity (Wildman–Crippen MR) is 81.2 cm³/mol. The van der Waals surface area contributed by atoms with Gasteiger partial charge in [-0.2, -0.15) is 0 Å². The van der Waals surface area contributed by atoms with Crippen molar-refractivity contribution in [3.63, 3.8) is 0 Å². The average molecular weight is 321 g/mol. The number of hydrazone groups is 1. The van der Waals surface area contributed by atoms with E-state index in [2.05, 4.69) is 11.7 Å². The molecule has 1 fully saturated rings. The monoisotopic (exact) mass is 320 g/mol. The van der Waals surface area contributed by atoms with Crippen LogP contribution < -0.4 is 5.73 Å². The van der Waals surface area contributed by atoms with E-state index in [9.17, 15) is 10.1 Å². The highest BCUT2D eigenvalue weighted by Crippen LogP contribution is 2.27. The SMILES string of the molecule is C=C(Cl)S/C(=C\N)CN1CN(C)CN(C)/C1=N\[N+](=O)[O-]. The highest BCUT2D eigenvalue weighted by Gasteiger charge is 2.27. The molecular formula is C10H17ClN6O2S. The molecule has 0 radical (unpaired) electrons. The molecular weight excluding hydrogens is 304 g/mol. The molecule has 2 N–H and O–H groups in total. The van der Waals surface area contributed by atoms with Gasteiger partial charge in [0.25, 0.3) is 5.96 Å². The Kier molecular flexibility index (Phi) is 6.11. The molecule has 20 heavy (non-hydrogen) atoms. The van der Waals surface area contributed by atoms with Gasteiger partial charge in [0.05, 0.1) is 24.2 Å². The first-order valence-corrected chi connectivity index (χ1v) is 6.83. The molecule has 0 saturated carbocycles. The summed E-state index contributed by atoms with van der Waals surface area (Å²) in [6.07, 6.45) is 1.41. The summed E-state index contributed by atoms with van der Waals surface area (Å²) in [4.78, 5) is 16.8. The Morgan fingerprint density at radius 2 is 2.30 bits per heavy atom. The van der Waals surface area contributed by atoms with Crippen molar-refractivity contribution in [2.45, 2.75) is 0 Å². The molecule has 1 heterocycles. The van der Waals surface area contributed by atoms with E-state index in [0.29, 0.717) is 24.2 Å². The number of guanidine groups is 1. The van der Waals surface area contributed by atoms with Crippen LogP contribution in [0, 0.1) is 10.1 Å². The Morgan fingerprint density at radius 3 is 2.80 bits per heavy atom. The molecule has 1 saturated heterocycles. The molecule has 112 valence electrons. The lowest BCUT2D eigenvalue weighted by molar-refractivity contribution is -0.486. The fourth-order valence-corrected chi connectivity index (χ4v) is 2.72. The van der Waals surface area contributed by atoms with Gasteiger partial charge in [-0.25, -0.2) is 10.1 Å². The van der Waals surface area contributed by atoms with Crippen LogP contribution in [0.2, 0.25) is 0 Å². The van der Waals surface area contributed by atoms with Crippen molar-refractivity contribution >= 4 is 29.3 Å². The Morgan fingerprint density at radius 1 is 1.65 bits per heavy atom. The Balaban J connectivity index is 2.91. The van der Waals surface area contributed by atoms with Crippen LogP contribution in [0.5, 0.6) is 0 Å². The maximum atomic E-state index is 10.6. The van der Waals surface area contributed by atoms with E-state index in [0.717, 1.165) is 4.91 Å². The number of hydrogen-bond acceptors (Lipinski definition) is 5. The van der Waals surface area contributed by atoms with Crippen LogP contribution in [-0.4, -0.2) is 59.7 Å². The molecule has 0 amide bonds. The second-order valence-corrected chi connectivity index (χ2v) is 6.16. The van der Waals surface area contributed by atoms with Gasteiger partial charge in [-0.1, -0.05) is 29.9 Å². The predicted octanol–water partition coefficient (Wildman–Crippen LogP) is 0.872. The number of rotatable bonds is 5. The van der Waals surface area contributed by atoms with Crippen LogP contribution in [0.3, 0.4) is 0 Å². The first kappa shape index (κ1) is 16.6. The molecule has 1 aliphatic rings. The molecule has 0 spiro atoms. The third kappa shape index (κ3) is 4.91. The minimum absolute atomic E-state index is 0.285. The fraction of sp³-hybridized carbons (Fsp3) is 0.500. The first-order valence-electron chi connectivity index (χ1n) is 5.64. The van der Waals surface area contributed by atoms with Gasteiger partial charge in [0.2, 0.25) is 0 Å². The van der Waals surface area contributed by atoms with E-state index in [-0.39, 0.29) is 5.96 Å². The van der Waals surface area contributed by atoms with Crippen LogP contribution in [0.1, 0.15) is 0 Å². The van der Waals surface area contributed by atoms with Crippen molar-refractivity contribution in [1.29, 1.82) is 0 Å². The fourth-order valence-electron chi connectivity index (χ4n) is 1.85. The van der Waals surface area contributed by atoms with Gasteiger partial charge in [-0.15, -0.1) is 0 Å². The van der Waals surface area contributed by atoms with E-state index in [1.807, 2.05) is 11.9 Å². The average Bonchev–Trinajstić information content (AvgIpc) is 2.31. The molecule has 1 rings (SSSR count). The van der Waals surface area contributed by atoms with E-state index in [1.165, 1.54) is 18.0 Å². The number of thioether (sulfide) groups is 1. The van der Waals surface area contributed by atoms with Crippen LogP contribution in [0.4, 0.5) is 0 Å². The molecule has 0 aromatic heterocycles. The quantitative estimate of drug-likeness (QED) is 0.593. The van der Waals surface area contributed by atoms with Gasteiger partial charge in [-0.05, 0) is 7.05 Å². The number of halogens is 1. The minimum Gasteiger partial charge on any atom is -0.404 e. The molecule has 10 heteroatoms. The van der Waals surface area contributed by atoms with Crippen LogP contribution in [0.15, 0.2) is 27.1 Å². The number of nitro groups is 1. The maximum Gasteiger partial charge on any atom is 0.276 e. The van der Waals surface area contributed by atoms with Crippen molar-refractivity contribution in [3.8, 4) is 0 Å². The number of nitrogens with two attached hydrogens (primary N) is 1. The van der Waals surface area contributed by atoms with Crippen LogP contribution in [0.25, 0.3) is 0 Å². The summed E-state index contributed by atoms with van der Waals surface area (Å²) in [7, 11) is 3.65. The Hall–Kier alpha value is -1.45. The smallest absolute Gasteiger partial charge is 0.276 e. The summed E-state index contributed by atoms with van der Waals surface area (Å²) >= 11 is 6.96. The van der Waals surface area contributed by atoms with Crippen molar-refractivity contribution in [2.24, 2.45) is 10.8 Å². The molecule has 1 aliphatic heterocycles. The largest absolute Gasteiger partial charge is 0.404 e. The Labute approximate surface area is 126 Å². The van der Waals surface area contributed by atoms with Crippen LogP contribution >= 0.6 is 23.4 Å². The zero-order chi connectivity index (χ0) is 15.3. The van der Waals surface area contributed by atoms with Crippen LogP contribution in [-0.2, 0) is 0 Å². The molecule has 8 nitrogen and oxygen atoms in total. The standard InChI is InChI=1S/C10H17ClN6O2S/c1-8(11)20-9(4-12)5-16-7-14(2)6-15(3)10(16)13-17(18)19/h4H,1,5-7,12H2,2-3H3/b9-4-,13-10+. The van der Waals surface area contributed by atoms with Gasteiger partial charge in [0.1, 0.15) is 5.10 Å². The summed E-state index contributed by atoms with van der Waals surface area (Å²) in [5.74, 6) is 0.285. The van der Waals surface area contributed by atoms with Gasteiger partial charge in [0.15, 0.2) is 5.03 Å². The lowest BCUT2D eigenvalue weighted by Gasteiger charge is -2.40. The van der Waals surface area contributed by atoms with E-state index < -0.39 is 5.03 Å². The third-order valence-corrected chi connectivity index (χ3v) is 3.42. The maximum absolute atomic E-state index is 10.6.